The quantitative estimate of drug-likeness (QED) is 0.696. The molecule has 0 atom stereocenters. The summed E-state index contributed by atoms with van der Waals surface area (Å²) in [7, 11) is 0. The minimum atomic E-state index is 0.109. The van der Waals surface area contributed by atoms with E-state index in [0.29, 0.717) is 5.92 Å². The Balaban J connectivity index is 2.24. The first-order chi connectivity index (χ1) is 9.61. The molecule has 0 unspecified atom stereocenters. The molecule has 0 heterocycles. The third kappa shape index (κ3) is 3.36. The Morgan fingerprint density at radius 1 is 1.00 bits per heavy atom. The van der Waals surface area contributed by atoms with E-state index in [2.05, 4.69) is 26.8 Å². The second-order valence-corrected chi connectivity index (χ2v) is 5.56. The van der Waals surface area contributed by atoms with E-state index in [1.807, 2.05) is 42.5 Å². The van der Waals surface area contributed by atoms with Crippen LogP contribution in [-0.4, -0.2) is 5.78 Å². The van der Waals surface area contributed by atoms with Gasteiger partial charge in [-0.25, -0.2) is 0 Å². The summed E-state index contributed by atoms with van der Waals surface area (Å²) in [5, 5.41) is 0. The van der Waals surface area contributed by atoms with E-state index in [-0.39, 0.29) is 5.78 Å². The van der Waals surface area contributed by atoms with Crippen molar-refractivity contribution in [1.29, 1.82) is 0 Å². The van der Waals surface area contributed by atoms with Crippen molar-refractivity contribution < 1.29 is 4.79 Å². The number of benzene rings is 2. The Morgan fingerprint density at radius 3 is 2.30 bits per heavy atom. The molecule has 0 N–H and O–H groups in total. The molecule has 0 saturated heterocycles. The lowest BCUT2D eigenvalue weighted by Gasteiger charge is -2.07. The molecular formula is C19H22O. The minimum absolute atomic E-state index is 0.109. The van der Waals surface area contributed by atoms with Crippen LogP contribution in [0.1, 0.15) is 60.2 Å². The Kier molecular flexibility index (Phi) is 4.73. The highest BCUT2D eigenvalue weighted by Gasteiger charge is 2.10. The summed E-state index contributed by atoms with van der Waals surface area (Å²) < 4.78 is 0. The molecule has 1 heteroatoms. The molecule has 0 radical (unpaired) electrons. The highest BCUT2D eigenvalue weighted by Crippen LogP contribution is 2.17. The molecule has 2 aromatic carbocycles. The summed E-state index contributed by atoms with van der Waals surface area (Å²) in [5.74, 6) is 0.602. The second kappa shape index (κ2) is 6.51. The van der Waals surface area contributed by atoms with Crippen LogP contribution in [0.5, 0.6) is 0 Å². The van der Waals surface area contributed by atoms with Gasteiger partial charge in [0.15, 0.2) is 5.78 Å². The summed E-state index contributed by atoms with van der Waals surface area (Å²) in [6.45, 7) is 6.47. The van der Waals surface area contributed by atoms with Crippen LogP contribution in [0, 0.1) is 0 Å². The third-order valence-electron chi connectivity index (χ3n) is 3.57. The highest BCUT2D eigenvalue weighted by atomic mass is 16.1. The van der Waals surface area contributed by atoms with Crippen LogP contribution in [0.2, 0.25) is 0 Å². The average Bonchev–Trinajstić information content (AvgIpc) is 2.47. The fourth-order valence-corrected chi connectivity index (χ4v) is 2.34. The van der Waals surface area contributed by atoms with E-state index in [4.69, 9.17) is 0 Å². The van der Waals surface area contributed by atoms with Gasteiger partial charge in [-0.2, -0.15) is 0 Å². The van der Waals surface area contributed by atoms with Gasteiger partial charge in [0.1, 0.15) is 0 Å². The molecule has 2 rings (SSSR count). The lowest BCUT2D eigenvalue weighted by atomic mass is 9.97. The minimum Gasteiger partial charge on any atom is -0.289 e. The van der Waals surface area contributed by atoms with Crippen molar-refractivity contribution in [2.45, 2.75) is 39.5 Å². The topological polar surface area (TPSA) is 17.1 Å². The molecule has 104 valence electrons. The highest BCUT2D eigenvalue weighted by molar-refractivity contribution is 6.09. The molecule has 2 aromatic rings. The maximum Gasteiger partial charge on any atom is 0.193 e. The molecule has 0 bridgehead atoms. The molecule has 1 nitrogen and oxygen atoms in total. The van der Waals surface area contributed by atoms with Gasteiger partial charge >= 0.3 is 0 Å². The second-order valence-electron chi connectivity index (χ2n) is 5.56. The predicted molar refractivity (Wildman–Crippen MR) is 84.4 cm³/mol. The normalized spacial score (nSPS) is 10.8. The largest absolute Gasteiger partial charge is 0.289 e. The van der Waals surface area contributed by atoms with Crippen LogP contribution in [0.25, 0.3) is 0 Å². The standard InChI is InChI=1S/C19H22O/c1-4-6-15-7-5-8-18(13-15)19(20)17-11-9-16(10-12-17)14(2)3/h5,7-14H,4,6H2,1-3H3. The van der Waals surface area contributed by atoms with Crippen LogP contribution in [-0.2, 0) is 6.42 Å². The first-order valence-corrected chi connectivity index (χ1v) is 7.35. The number of ketones is 1. The van der Waals surface area contributed by atoms with E-state index in [0.717, 1.165) is 24.0 Å². The maximum absolute atomic E-state index is 12.5. The summed E-state index contributed by atoms with van der Waals surface area (Å²) in [5.41, 5.74) is 4.05. The lowest BCUT2D eigenvalue weighted by molar-refractivity contribution is 0.103. The fourth-order valence-electron chi connectivity index (χ4n) is 2.34. The Morgan fingerprint density at radius 2 is 1.70 bits per heavy atom. The van der Waals surface area contributed by atoms with Crippen molar-refractivity contribution in [3.63, 3.8) is 0 Å². The summed E-state index contributed by atoms with van der Waals surface area (Å²) in [4.78, 5) is 12.5. The first kappa shape index (κ1) is 14.5. The lowest BCUT2D eigenvalue weighted by Crippen LogP contribution is -2.02. The van der Waals surface area contributed by atoms with Crippen molar-refractivity contribution in [3.05, 3.63) is 70.8 Å². The molecule has 0 amide bonds. The zero-order valence-corrected chi connectivity index (χ0v) is 12.5. The van der Waals surface area contributed by atoms with Crippen LogP contribution in [0.4, 0.5) is 0 Å². The number of rotatable bonds is 5. The third-order valence-corrected chi connectivity index (χ3v) is 3.57. The maximum atomic E-state index is 12.5. The fraction of sp³-hybridized carbons (Fsp3) is 0.316. The van der Waals surface area contributed by atoms with Gasteiger partial charge in [0, 0.05) is 11.1 Å². The molecule has 0 aliphatic carbocycles. The molecule has 0 aliphatic heterocycles. The summed E-state index contributed by atoms with van der Waals surface area (Å²) in [6, 6.07) is 15.9. The zero-order valence-electron chi connectivity index (χ0n) is 12.5. The molecule has 0 saturated carbocycles. The van der Waals surface area contributed by atoms with Crippen LogP contribution >= 0.6 is 0 Å². The van der Waals surface area contributed by atoms with E-state index in [1.54, 1.807) is 0 Å². The van der Waals surface area contributed by atoms with E-state index >= 15 is 0 Å². The number of aryl methyl sites for hydroxylation is 1. The van der Waals surface area contributed by atoms with Crippen molar-refractivity contribution in [1.82, 2.24) is 0 Å². The molecular weight excluding hydrogens is 244 g/mol. The Bertz CT molecular complexity index is 579. The van der Waals surface area contributed by atoms with Gasteiger partial charge in [0.05, 0.1) is 0 Å². The van der Waals surface area contributed by atoms with Gasteiger partial charge in [0.25, 0.3) is 0 Å². The van der Waals surface area contributed by atoms with Gasteiger partial charge in [0.2, 0.25) is 0 Å². The van der Waals surface area contributed by atoms with E-state index in [1.165, 1.54) is 11.1 Å². The van der Waals surface area contributed by atoms with Gasteiger partial charge in [-0.05, 0) is 29.5 Å². The number of carbonyl (C=O) groups is 1. The van der Waals surface area contributed by atoms with Crippen molar-refractivity contribution in [3.8, 4) is 0 Å². The van der Waals surface area contributed by atoms with Gasteiger partial charge in [-0.3, -0.25) is 4.79 Å². The first-order valence-electron chi connectivity index (χ1n) is 7.35. The molecule has 0 aromatic heterocycles. The smallest absolute Gasteiger partial charge is 0.193 e. The number of carbonyl (C=O) groups excluding carboxylic acids is 1. The van der Waals surface area contributed by atoms with Crippen molar-refractivity contribution in [2.24, 2.45) is 0 Å². The summed E-state index contributed by atoms with van der Waals surface area (Å²) in [6.07, 6.45) is 2.12. The zero-order chi connectivity index (χ0) is 14.5. The Labute approximate surface area is 121 Å². The number of hydrogen-bond acceptors (Lipinski definition) is 1. The van der Waals surface area contributed by atoms with E-state index in [9.17, 15) is 4.79 Å². The van der Waals surface area contributed by atoms with E-state index < -0.39 is 0 Å². The van der Waals surface area contributed by atoms with Crippen LogP contribution in [0.15, 0.2) is 48.5 Å². The van der Waals surface area contributed by atoms with Gasteiger partial charge in [-0.15, -0.1) is 0 Å². The van der Waals surface area contributed by atoms with Gasteiger partial charge in [-0.1, -0.05) is 69.7 Å². The Hall–Kier alpha value is -1.89. The molecule has 0 spiro atoms. The summed E-state index contributed by atoms with van der Waals surface area (Å²) >= 11 is 0. The molecule has 20 heavy (non-hydrogen) atoms. The molecule has 0 fully saturated rings. The van der Waals surface area contributed by atoms with Crippen molar-refractivity contribution in [2.75, 3.05) is 0 Å². The monoisotopic (exact) mass is 266 g/mol. The van der Waals surface area contributed by atoms with Crippen LogP contribution in [0.3, 0.4) is 0 Å². The molecule has 0 aliphatic rings. The SMILES string of the molecule is CCCc1cccc(C(=O)c2ccc(C(C)C)cc2)c1. The average molecular weight is 266 g/mol. The van der Waals surface area contributed by atoms with Crippen LogP contribution < -0.4 is 0 Å². The number of hydrogen-bond donors (Lipinski definition) is 0. The predicted octanol–water partition coefficient (Wildman–Crippen LogP) is 4.99. The van der Waals surface area contributed by atoms with Gasteiger partial charge < -0.3 is 0 Å². The van der Waals surface area contributed by atoms with Crippen molar-refractivity contribution >= 4 is 5.78 Å².